The second-order valence-corrected chi connectivity index (χ2v) is 24.8. The van der Waals surface area contributed by atoms with E-state index in [0.29, 0.717) is 6.42 Å². The lowest BCUT2D eigenvalue weighted by Crippen LogP contribution is -2.29. The number of hydrogen-bond acceptors (Lipinski definition) is 8. The SMILES string of the molecule is CC/C=C\C/C=C\C/C=C\C/C=C\C/C=C\CCCCCCCC(=O)OC(COC(=O)CCCCCCCCCCCCCCCCCCCCCCCCCCCCCCCCCCCCCCCCC)COP(=O)(O)OCCN. The maximum absolute atomic E-state index is 12.7. The minimum Gasteiger partial charge on any atom is -0.462 e. The fourth-order valence-electron chi connectivity index (χ4n) is 10.3. The number of hydrogen-bond donors (Lipinski definition) is 2. The van der Waals surface area contributed by atoms with Crippen LogP contribution in [0.2, 0.25) is 0 Å². The van der Waals surface area contributed by atoms with Crippen molar-refractivity contribution in [3.8, 4) is 0 Å². The van der Waals surface area contributed by atoms with Gasteiger partial charge in [0.2, 0.25) is 0 Å². The van der Waals surface area contributed by atoms with E-state index in [4.69, 9.17) is 24.3 Å². The minimum absolute atomic E-state index is 0.0487. The normalized spacial score (nSPS) is 13.3. The standard InChI is InChI=1S/C71H132NO8P/c1-3-5-7-9-11-13-15-17-19-21-23-25-26-27-28-29-30-31-32-33-34-35-36-37-38-39-40-41-42-44-45-47-49-51-53-55-57-59-61-63-70(73)77-67-69(68-79-81(75,76)78-66-65-72)80-71(74)64-62-60-58-56-54-52-50-48-46-43-24-22-20-18-16-14-12-10-8-6-4-2/h6,8,12,14,18,20,24,43,48,50,69H,3-5,7,9-11,13,15-17,19,21-23,25-42,44-47,49,51-68,72H2,1-2H3,(H,75,76)/b8-6-,14-12-,20-18-,43-24-,50-48-. The predicted molar refractivity (Wildman–Crippen MR) is 349 cm³/mol. The van der Waals surface area contributed by atoms with Crippen molar-refractivity contribution < 1.29 is 37.6 Å². The number of carbonyl (C=O) groups excluding carboxylic acids is 2. The minimum atomic E-state index is -4.40. The van der Waals surface area contributed by atoms with Crippen molar-refractivity contribution in [2.24, 2.45) is 5.73 Å². The predicted octanol–water partition coefficient (Wildman–Crippen LogP) is 22.6. The van der Waals surface area contributed by atoms with E-state index in [0.717, 1.165) is 83.5 Å². The Hall–Kier alpha value is -2.29. The Morgan fingerprint density at radius 3 is 1.01 bits per heavy atom. The smallest absolute Gasteiger partial charge is 0.462 e. The highest BCUT2D eigenvalue weighted by Crippen LogP contribution is 2.43. The second kappa shape index (κ2) is 66.8. The van der Waals surface area contributed by atoms with Crippen molar-refractivity contribution in [1.29, 1.82) is 0 Å². The maximum atomic E-state index is 12.7. The van der Waals surface area contributed by atoms with Gasteiger partial charge in [0.1, 0.15) is 6.61 Å². The van der Waals surface area contributed by atoms with Crippen molar-refractivity contribution in [2.45, 2.75) is 354 Å². The molecule has 0 fully saturated rings. The van der Waals surface area contributed by atoms with Crippen LogP contribution in [-0.2, 0) is 32.7 Å². The molecule has 3 N–H and O–H groups in total. The number of phosphoric ester groups is 1. The first-order valence-electron chi connectivity index (χ1n) is 34.8. The van der Waals surface area contributed by atoms with Gasteiger partial charge in [-0.1, -0.05) is 338 Å². The summed E-state index contributed by atoms with van der Waals surface area (Å²) >= 11 is 0. The Kier molecular flexibility index (Phi) is 65.0. The Balaban J connectivity index is 3.78. The van der Waals surface area contributed by atoms with Crippen molar-refractivity contribution in [2.75, 3.05) is 26.4 Å². The highest BCUT2D eigenvalue weighted by Gasteiger charge is 2.26. The van der Waals surface area contributed by atoms with Gasteiger partial charge in [-0.25, -0.2) is 4.57 Å². The molecule has 10 heteroatoms. The molecule has 0 aromatic carbocycles. The van der Waals surface area contributed by atoms with Crippen LogP contribution in [0.5, 0.6) is 0 Å². The number of rotatable bonds is 66. The molecule has 0 aliphatic rings. The summed E-state index contributed by atoms with van der Waals surface area (Å²) in [6.45, 7) is 3.65. The Bertz CT molecular complexity index is 1510. The molecule has 0 aromatic rings. The number of nitrogens with two attached hydrogens (primary N) is 1. The van der Waals surface area contributed by atoms with E-state index >= 15 is 0 Å². The summed E-state index contributed by atoms with van der Waals surface area (Å²) < 4.78 is 33.1. The van der Waals surface area contributed by atoms with Gasteiger partial charge in [-0.2, -0.15) is 0 Å². The lowest BCUT2D eigenvalue weighted by Gasteiger charge is -2.19. The van der Waals surface area contributed by atoms with Crippen LogP contribution in [0.25, 0.3) is 0 Å². The van der Waals surface area contributed by atoms with Crippen LogP contribution >= 0.6 is 7.82 Å². The Morgan fingerprint density at radius 1 is 0.383 bits per heavy atom. The number of phosphoric acid groups is 1. The number of carbonyl (C=O) groups is 2. The van der Waals surface area contributed by atoms with Crippen LogP contribution in [0, 0.1) is 0 Å². The summed E-state index contributed by atoms with van der Waals surface area (Å²) in [5.74, 6) is -0.838. The van der Waals surface area contributed by atoms with Crippen molar-refractivity contribution in [1.82, 2.24) is 0 Å². The van der Waals surface area contributed by atoms with Crippen molar-refractivity contribution in [3.05, 3.63) is 60.8 Å². The molecule has 0 heterocycles. The molecular formula is C71H132NO8P. The summed E-state index contributed by atoms with van der Waals surface area (Å²) in [4.78, 5) is 35.3. The molecule has 81 heavy (non-hydrogen) atoms. The van der Waals surface area contributed by atoms with Crippen molar-refractivity contribution >= 4 is 19.8 Å². The summed E-state index contributed by atoms with van der Waals surface area (Å²) in [7, 11) is -4.40. The van der Waals surface area contributed by atoms with Gasteiger partial charge in [-0.15, -0.1) is 0 Å². The van der Waals surface area contributed by atoms with Gasteiger partial charge < -0.3 is 20.1 Å². The van der Waals surface area contributed by atoms with Crippen LogP contribution < -0.4 is 5.73 Å². The lowest BCUT2D eigenvalue weighted by molar-refractivity contribution is -0.161. The van der Waals surface area contributed by atoms with E-state index in [1.165, 1.54) is 231 Å². The Labute approximate surface area is 501 Å². The molecule has 9 nitrogen and oxygen atoms in total. The van der Waals surface area contributed by atoms with Crippen LogP contribution in [0.3, 0.4) is 0 Å². The average Bonchev–Trinajstić information content (AvgIpc) is 3.46. The fourth-order valence-corrected chi connectivity index (χ4v) is 11.1. The zero-order valence-electron chi connectivity index (χ0n) is 53.3. The summed E-state index contributed by atoms with van der Waals surface area (Å²) in [5, 5.41) is 0. The molecule has 0 radical (unpaired) electrons. The number of allylic oxidation sites excluding steroid dienone is 10. The first-order valence-corrected chi connectivity index (χ1v) is 36.3. The monoisotopic (exact) mass is 1160 g/mol. The topological polar surface area (TPSA) is 134 Å². The van der Waals surface area contributed by atoms with E-state index in [-0.39, 0.29) is 38.6 Å². The van der Waals surface area contributed by atoms with Gasteiger partial charge in [0.25, 0.3) is 0 Å². The van der Waals surface area contributed by atoms with Crippen LogP contribution in [0.4, 0.5) is 0 Å². The highest BCUT2D eigenvalue weighted by molar-refractivity contribution is 7.47. The zero-order chi connectivity index (χ0) is 58.7. The summed E-state index contributed by atoms with van der Waals surface area (Å²) in [5.41, 5.74) is 5.39. The molecule has 0 bridgehead atoms. The molecule has 0 rings (SSSR count). The number of esters is 2. The van der Waals surface area contributed by atoms with E-state index in [9.17, 15) is 19.0 Å². The zero-order valence-corrected chi connectivity index (χ0v) is 54.2. The largest absolute Gasteiger partial charge is 0.472 e. The fraction of sp³-hybridized carbons (Fsp3) is 0.831. The van der Waals surface area contributed by atoms with Crippen molar-refractivity contribution in [3.63, 3.8) is 0 Å². The highest BCUT2D eigenvalue weighted by atomic mass is 31.2. The van der Waals surface area contributed by atoms with Gasteiger partial charge >= 0.3 is 19.8 Å². The van der Waals surface area contributed by atoms with Gasteiger partial charge in [0.05, 0.1) is 13.2 Å². The summed E-state index contributed by atoms with van der Waals surface area (Å²) in [6.07, 6.45) is 86.3. The molecular weight excluding hydrogens is 1030 g/mol. The molecule has 0 saturated heterocycles. The Morgan fingerprint density at radius 2 is 0.679 bits per heavy atom. The second-order valence-electron chi connectivity index (χ2n) is 23.4. The third kappa shape index (κ3) is 66.7. The van der Waals surface area contributed by atoms with Crippen LogP contribution in [0.1, 0.15) is 348 Å². The molecule has 0 amide bonds. The maximum Gasteiger partial charge on any atom is 0.472 e. The van der Waals surface area contributed by atoms with E-state index in [2.05, 4.69) is 74.6 Å². The van der Waals surface area contributed by atoms with E-state index in [1.807, 2.05) is 0 Å². The van der Waals surface area contributed by atoms with Gasteiger partial charge in [-0.3, -0.25) is 18.6 Å². The molecule has 0 spiro atoms. The van der Waals surface area contributed by atoms with Gasteiger partial charge in [-0.05, 0) is 57.8 Å². The van der Waals surface area contributed by atoms with Gasteiger partial charge in [0, 0.05) is 19.4 Å². The summed E-state index contributed by atoms with van der Waals surface area (Å²) in [6, 6.07) is 0. The molecule has 0 aliphatic carbocycles. The molecule has 474 valence electrons. The molecule has 0 saturated carbocycles. The van der Waals surface area contributed by atoms with Crippen LogP contribution in [-0.4, -0.2) is 49.3 Å². The van der Waals surface area contributed by atoms with E-state index < -0.39 is 26.5 Å². The first-order chi connectivity index (χ1) is 39.8. The average molecular weight is 1160 g/mol. The number of unbranched alkanes of at least 4 members (excludes halogenated alkanes) is 43. The third-order valence-electron chi connectivity index (χ3n) is 15.4. The third-order valence-corrected chi connectivity index (χ3v) is 16.4. The molecule has 2 atom stereocenters. The molecule has 0 aromatic heterocycles. The lowest BCUT2D eigenvalue weighted by atomic mass is 10.0. The quantitative estimate of drug-likeness (QED) is 0.0264. The number of ether oxygens (including phenoxy) is 2. The van der Waals surface area contributed by atoms with Crippen LogP contribution in [0.15, 0.2) is 60.8 Å². The van der Waals surface area contributed by atoms with Gasteiger partial charge in [0.15, 0.2) is 6.10 Å². The molecule has 2 unspecified atom stereocenters. The van der Waals surface area contributed by atoms with E-state index in [1.54, 1.807) is 0 Å². The molecule has 0 aliphatic heterocycles. The first kappa shape index (κ1) is 78.7.